The number of hydrogen-bond acceptors (Lipinski definition) is 6. The first kappa shape index (κ1) is 22.7. The van der Waals surface area contributed by atoms with Gasteiger partial charge in [-0.25, -0.2) is 14.4 Å². The van der Waals surface area contributed by atoms with E-state index < -0.39 is 0 Å². The highest BCUT2D eigenvalue weighted by Crippen LogP contribution is 2.35. The fourth-order valence-electron chi connectivity index (χ4n) is 5.02. The highest BCUT2D eigenvalue weighted by atomic mass is 19.1. The molecule has 3 aliphatic heterocycles. The maximum absolute atomic E-state index is 15.4. The Kier molecular flexibility index (Phi) is 6.09. The van der Waals surface area contributed by atoms with Crippen molar-refractivity contribution in [1.82, 2.24) is 14.3 Å². The van der Waals surface area contributed by atoms with Gasteiger partial charge in [-0.2, -0.15) is 5.26 Å². The number of nitrogens with zero attached hydrogens (tertiary/aromatic N) is 5. The molecule has 0 saturated carbocycles. The van der Waals surface area contributed by atoms with E-state index in [9.17, 15) is 0 Å². The standard InChI is InChI=1S/C28H26FN5O2/c29-23-15-26-32-24-9-12-36-28(20-7-5-19(16-30)6-8-20)27(24)34(26)18-22(23)21-3-1-2-4-25(31-17-21)33-10-13-35-14-11-33/h3-8,15,17-18,28H,1-2,9-14H2/b21-3+,25-4-,31-17-. The second-order valence-corrected chi connectivity index (χ2v) is 9.10. The summed E-state index contributed by atoms with van der Waals surface area (Å²) in [6.07, 6.45) is 9.73. The van der Waals surface area contributed by atoms with Crippen LogP contribution in [0, 0.1) is 17.1 Å². The van der Waals surface area contributed by atoms with Crippen molar-refractivity contribution >= 4 is 17.4 Å². The van der Waals surface area contributed by atoms with Gasteiger partial charge >= 0.3 is 0 Å². The van der Waals surface area contributed by atoms with E-state index in [4.69, 9.17) is 24.7 Å². The SMILES string of the molecule is N#Cc1ccc(C2OCCc3nc4cc(F)c(C5=C/CC/C=C(N6CCOCC6)/N=C\5)cn4c32)cc1. The second-order valence-electron chi connectivity index (χ2n) is 9.10. The lowest BCUT2D eigenvalue weighted by Crippen LogP contribution is -2.35. The fraction of sp³-hybridized carbons (Fsp3) is 0.321. The highest BCUT2D eigenvalue weighted by Gasteiger charge is 2.28. The lowest BCUT2D eigenvalue weighted by Gasteiger charge is -2.29. The predicted molar refractivity (Wildman–Crippen MR) is 134 cm³/mol. The summed E-state index contributed by atoms with van der Waals surface area (Å²) in [6, 6.07) is 11.0. The number of hydrogen-bond donors (Lipinski definition) is 0. The van der Waals surface area contributed by atoms with E-state index >= 15 is 4.39 Å². The van der Waals surface area contributed by atoms with Crippen LogP contribution in [0.3, 0.4) is 0 Å². The lowest BCUT2D eigenvalue weighted by molar-refractivity contribution is 0.0530. The Hall–Kier alpha value is -3.80. The molecule has 7 nitrogen and oxygen atoms in total. The minimum Gasteiger partial charge on any atom is -0.378 e. The number of rotatable bonds is 3. The Morgan fingerprint density at radius 3 is 2.67 bits per heavy atom. The molecular weight excluding hydrogens is 457 g/mol. The van der Waals surface area contributed by atoms with Crippen LogP contribution in [0.4, 0.5) is 4.39 Å². The monoisotopic (exact) mass is 483 g/mol. The molecule has 0 spiro atoms. The summed E-state index contributed by atoms with van der Waals surface area (Å²) in [5, 5.41) is 9.15. The van der Waals surface area contributed by atoms with E-state index in [0.717, 1.165) is 54.3 Å². The Bertz CT molecular complexity index is 1420. The second kappa shape index (κ2) is 9.69. The quantitative estimate of drug-likeness (QED) is 0.551. The van der Waals surface area contributed by atoms with Crippen molar-refractivity contribution in [3.8, 4) is 6.07 Å². The molecule has 1 atom stereocenters. The number of benzene rings is 1. The summed E-state index contributed by atoms with van der Waals surface area (Å²) in [7, 11) is 0. The van der Waals surface area contributed by atoms with Gasteiger partial charge in [0.15, 0.2) is 0 Å². The van der Waals surface area contributed by atoms with Gasteiger partial charge in [0.05, 0.1) is 42.8 Å². The maximum atomic E-state index is 15.4. The number of nitriles is 1. The van der Waals surface area contributed by atoms with Gasteiger partial charge in [0, 0.05) is 49.1 Å². The minimum absolute atomic E-state index is 0.323. The molecule has 0 radical (unpaired) electrons. The Labute approximate surface area is 208 Å². The van der Waals surface area contributed by atoms with Crippen molar-refractivity contribution in [3.63, 3.8) is 0 Å². The molecule has 3 aliphatic rings. The first-order chi connectivity index (χ1) is 17.7. The van der Waals surface area contributed by atoms with Gasteiger partial charge < -0.3 is 14.4 Å². The number of halogens is 1. The van der Waals surface area contributed by atoms with Gasteiger partial charge in [-0.3, -0.25) is 4.40 Å². The number of allylic oxidation sites excluding steroid dienone is 3. The minimum atomic E-state index is -0.342. The van der Waals surface area contributed by atoms with Crippen LogP contribution >= 0.6 is 0 Å². The first-order valence-corrected chi connectivity index (χ1v) is 12.3. The summed E-state index contributed by atoms with van der Waals surface area (Å²) < 4.78 is 29.0. The van der Waals surface area contributed by atoms with Crippen LogP contribution < -0.4 is 0 Å². The average Bonchev–Trinajstić information content (AvgIpc) is 3.26. The lowest BCUT2D eigenvalue weighted by atomic mass is 10.0. The van der Waals surface area contributed by atoms with Crippen LogP contribution in [-0.4, -0.2) is 53.4 Å². The van der Waals surface area contributed by atoms with Gasteiger partial charge in [-0.1, -0.05) is 18.2 Å². The van der Waals surface area contributed by atoms with Crippen LogP contribution in [0.2, 0.25) is 0 Å². The fourth-order valence-corrected chi connectivity index (χ4v) is 5.02. The van der Waals surface area contributed by atoms with Gasteiger partial charge in [-0.05, 0) is 36.6 Å². The highest BCUT2D eigenvalue weighted by molar-refractivity contribution is 6.10. The zero-order valence-electron chi connectivity index (χ0n) is 19.9. The molecule has 1 unspecified atom stereocenters. The molecular formula is C28H26FN5O2. The zero-order chi connectivity index (χ0) is 24.5. The zero-order valence-corrected chi connectivity index (χ0v) is 19.9. The number of pyridine rings is 1. The molecule has 0 aliphatic carbocycles. The van der Waals surface area contributed by atoms with Gasteiger partial charge in [-0.15, -0.1) is 0 Å². The number of aromatic nitrogens is 2. The maximum Gasteiger partial charge on any atom is 0.140 e. The number of aliphatic imine (C=N–C) groups is 1. The molecule has 6 rings (SSSR count). The topological polar surface area (TPSA) is 75.1 Å². The number of morpholine rings is 1. The van der Waals surface area contributed by atoms with E-state index in [-0.39, 0.29) is 11.9 Å². The molecule has 0 amide bonds. The van der Waals surface area contributed by atoms with Crippen molar-refractivity contribution in [2.75, 3.05) is 32.9 Å². The van der Waals surface area contributed by atoms with Crippen LogP contribution in [0.5, 0.6) is 0 Å². The van der Waals surface area contributed by atoms with Crippen molar-refractivity contribution in [1.29, 1.82) is 5.26 Å². The van der Waals surface area contributed by atoms with Gasteiger partial charge in [0.1, 0.15) is 23.4 Å². The Morgan fingerprint density at radius 1 is 1.06 bits per heavy atom. The van der Waals surface area contributed by atoms with Crippen LogP contribution in [0.25, 0.3) is 11.2 Å². The third-order valence-corrected chi connectivity index (χ3v) is 6.88. The van der Waals surface area contributed by atoms with Gasteiger partial charge in [0.25, 0.3) is 0 Å². The first-order valence-electron chi connectivity index (χ1n) is 12.3. The molecule has 3 aromatic rings. The molecule has 1 fully saturated rings. The number of fused-ring (bicyclic) bond motifs is 3. The Balaban J connectivity index is 1.39. The molecule has 8 heteroatoms. The van der Waals surface area contributed by atoms with Crippen LogP contribution in [-0.2, 0) is 15.9 Å². The van der Waals surface area contributed by atoms with E-state index in [2.05, 4.69) is 17.0 Å². The van der Waals surface area contributed by atoms with Crippen LogP contribution in [0.15, 0.2) is 59.5 Å². The van der Waals surface area contributed by atoms with E-state index in [1.807, 2.05) is 28.8 Å². The normalized spacial score (nSPS) is 24.0. The predicted octanol–water partition coefficient (Wildman–Crippen LogP) is 4.43. The van der Waals surface area contributed by atoms with Crippen molar-refractivity contribution in [2.24, 2.45) is 4.99 Å². The molecule has 36 heavy (non-hydrogen) atoms. The van der Waals surface area contributed by atoms with E-state index in [0.29, 0.717) is 43.0 Å². The van der Waals surface area contributed by atoms with E-state index in [1.165, 1.54) is 6.07 Å². The molecule has 5 heterocycles. The smallest absolute Gasteiger partial charge is 0.140 e. The molecule has 0 N–H and O–H groups in total. The van der Waals surface area contributed by atoms with Gasteiger partial charge in [0.2, 0.25) is 0 Å². The largest absolute Gasteiger partial charge is 0.378 e. The summed E-state index contributed by atoms with van der Waals surface area (Å²) in [5.41, 5.74) is 5.14. The van der Waals surface area contributed by atoms with E-state index in [1.54, 1.807) is 18.3 Å². The third kappa shape index (κ3) is 4.21. The third-order valence-electron chi connectivity index (χ3n) is 6.88. The Morgan fingerprint density at radius 2 is 1.86 bits per heavy atom. The summed E-state index contributed by atoms with van der Waals surface area (Å²) in [5.74, 6) is 0.593. The summed E-state index contributed by atoms with van der Waals surface area (Å²) >= 11 is 0. The van der Waals surface area contributed by atoms with Crippen molar-refractivity contribution in [3.05, 3.63) is 88.4 Å². The van der Waals surface area contributed by atoms with Crippen molar-refractivity contribution < 1.29 is 13.9 Å². The molecule has 182 valence electrons. The molecule has 1 aromatic carbocycles. The number of ether oxygens (including phenoxy) is 2. The van der Waals surface area contributed by atoms with Crippen molar-refractivity contribution in [2.45, 2.75) is 25.4 Å². The summed E-state index contributed by atoms with van der Waals surface area (Å²) in [6.45, 7) is 3.52. The number of imidazole rings is 1. The average molecular weight is 484 g/mol. The summed E-state index contributed by atoms with van der Waals surface area (Å²) in [4.78, 5) is 11.7. The molecule has 1 saturated heterocycles. The van der Waals surface area contributed by atoms with Crippen LogP contribution in [0.1, 0.15) is 47.0 Å². The molecule has 0 bridgehead atoms. The molecule has 2 aromatic heterocycles.